The quantitative estimate of drug-likeness (QED) is 0.842. The fourth-order valence-electron chi connectivity index (χ4n) is 2.04. The van der Waals surface area contributed by atoms with Crippen molar-refractivity contribution in [1.82, 2.24) is 4.90 Å². The number of nitrogens with zero attached hydrogens (tertiary/aromatic N) is 1. The van der Waals surface area contributed by atoms with Gasteiger partial charge in [0.05, 0.1) is 11.4 Å². The summed E-state index contributed by atoms with van der Waals surface area (Å²) in [7, 11) is 0. The van der Waals surface area contributed by atoms with Crippen molar-refractivity contribution in [3.8, 4) is 0 Å². The monoisotopic (exact) mass is 259 g/mol. The number of aliphatic hydroxyl groups excluding tert-OH is 1. The van der Waals surface area contributed by atoms with Crippen LogP contribution in [0.4, 0.5) is 0 Å². The molecule has 1 saturated heterocycles. The molecule has 17 heavy (non-hydrogen) atoms. The minimum absolute atomic E-state index is 0.0438. The van der Waals surface area contributed by atoms with Crippen LogP contribution in [-0.2, 0) is 4.79 Å². The number of rotatable bonds is 4. The highest BCUT2D eigenvalue weighted by Crippen LogP contribution is 2.23. The first kappa shape index (κ1) is 14.8. The van der Waals surface area contributed by atoms with Crippen molar-refractivity contribution in [3.63, 3.8) is 0 Å². The minimum atomic E-state index is -0.362. The van der Waals surface area contributed by atoms with Crippen molar-refractivity contribution in [3.05, 3.63) is 0 Å². The number of carbonyl (C=O) groups excluding carboxylic acids is 1. The number of likely N-dealkylation sites (tertiary alicyclic amines) is 1. The van der Waals surface area contributed by atoms with Crippen molar-refractivity contribution in [2.24, 2.45) is 0 Å². The van der Waals surface area contributed by atoms with E-state index in [2.05, 4.69) is 0 Å². The fraction of sp³-hybridized carbons (Fsp3) is 0.923. The summed E-state index contributed by atoms with van der Waals surface area (Å²) in [5.41, 5.74) is 0. The molecule has 3 nitrogen and oxygen atoms in total. The highest BCUT2D eigenvalue weighted by Gasteiger charge is 2.24. The Balaban J connectivity index is 2.44. The van der Waals surface area contributed by atoms with Crippen molar-refractivity contribution < 1.29 is 9.90 Å². The lowest BCUT2D eigenvalue weighted by atomic mass is 10.2. The lowest BCUT2D eigenvalue weighted by Crippen LogP contribution is -2.38. The predicted octanol–water partition coefficient (Wildman–Crippen LogP) is 2.28. The third kappa shape index (κ3) is 4.88. The van der Waals surface area contributed by atoms with Gasteiger partial charge in [0.25, 0.3) is 0 Å². The predicted molar refractivity (Wildman–Crippen MR) is 73.2 cm³/mol. The zero-order chi connectivity index (χ0) is 12.8. The number of aliphatic hydroxyl groups is 1. The van der Waals surface area contributed by atoms with E-state index < -0.39 is 0 Å². The normalized spacial score (nSPS) is 22.7. The van der Waals surface area contributed by atoms with Gasteiger partial charge in [0.2, 0.25) is 5.91 Å². The first-order valence-electron chi connectivity index (χ1n) is 6.64. The van der Waals surface area contributed by atoms with Crippen LogP contribution in [0.5, 0.6) is 0 Å². The van der Waals surface area contributed by atoms with Gasteiger partial charge in [0, 0.05) is 18.3 Å². The van der Waals surface area contributed by atoms with Crippen molar-refractivity contribution in [1.29, 1.82) is 0 Å². The SMILES string of the molecule is CC(SC(C)C(C)O)C(=O)N1CCCCCC1. The van der Waals surface area contributed by atoms with Gasteiger partial charge in [-0.2, -0.15) is 0 Å². The van der Waals surface area contributed by atoms with E-state index in [0.717, 1.165) is 25.9 Å². The van der Waals surface area contributed by atoms with Gasteiger partial charge in [-0.05, 0) is 26.7 Å². The molecule has 0 aromatic carbocycles. The molecular formula is C13H25NO2S. The third-order valence-corrected chi connectivity index (χ3v) is 4.80. The number of hydrogen-bond donors (Lipinski definition) is 1. The van der Waals surface area contributed by atoms with Crippen LogP contribution in [0.3, 0.4) is 0 Å². The molecule has 1 heterocycles. The molecule has 0 bridgehead atoms. The summed E-state index contributed by atoms with van der Waals surface area (Å²) >= 11 is 1.57. The molecule has 1 N–H and O–H groups in total. The average Bonchev–Trinajstić information content (AvgIpc) is 2.56. The molecule has 0 aliphatic carbocycles. The lowest BCUT2D eigenvalue weighted by Gasteiger charge is -2.26. The Morgan fingerprint density at radius 1 is 1.12 bits per heavy atom. The van der Waals surface area contributed by atoms with Gasteiger partial charge in [-0.1, -0.05) is 19.8 Å². The van der Waals surface area contributed by atoms with Crippen LogP contribution in [0.25, 0.3) is 0 Å². The van der Waals surface area contributed by atoms with Gasteiger partial charge >= 0.3 is 0 Å². The zero-order valence-electron chi connectivity index (χ0n) is 11.2. The second-order valence-corrected chi connectivity index (χ2v) is 6.69. The Morgan fingerprint density at radius 3 is 2.12 bits per heavy atom. The van der Waals surface area contributed by atoms with Crippen LogP contribution in [-0.4, -0.2) is 45.6 Å². The van der Waals surface area contributed by atoms with Crippen LogP contribution in [0.15, 0.2) is 0 Å². The third-order valence-electron chi connectivity index (χ3n) is 3.36. The lowest BCUT2D eigenvalue weighted by molar-refractivity contribution is -0.130. The van der Waals surface area contributed by atoms with E-state index in [4.69, 9.17) is 0 Å². The fourth-order valence-corrected chi connectivity index (χ4v) is 3.18. The highest BCUT2D eigenvalue weighted by molar-refractivity contribution is 8.01. The van der Waals surface area contributed by atoms with Crippen molar-refractivity contribution in [2.75, 3.05) is 13.1 Å². The molecule has 100 valence electrons. The number of thioether (sulfide) groups is 1. The average molecular weight is 259 g/mol. The second kappa shape index (κ2) is 7.27. The van der Waals surface area contributed by atoms with Crippen molar-refractivity contribution >= 4 is 17.7 Å². The Labute approximate surface area is 109 Å². The maximum Gasteiger partial charge on any atom is 0.235 e. The molecule has 0 radical (unpaired) electrons. The van der Waals surface area contributed by atoms with Gasteiger partial charge in [0.1, 0.15) is 0 Å². The largest absolute Gasteiger partial charge is 0.392 e. The first-order valence-corrected chi connectivity index (χ1v) is 7.59. The van der Waals surface area contributed by atoms with Crippen LogP contribution in [0.2, 0.25) is 0 Å². The highest BCUT2D eigenvalue weighted by atomic mass is 32.2. The number of hydrogen-bond acceptors (Lipinski definition) is 3. The Bertz CT molecular complexity index is 238. The Kier molecular flexibility index (Phi) is 6.34. The zero-order valence-corrected chi connectivity index (χ0v) is 12.0. The maximum absolute atomic E-state index is 12.2. The van der Waals surface area contributed by atoms with E-state index in [1.165, 1.54) is 12.8 Å². The van der Waals surface area contributed by atoms with E-state index in [1.54, 1.807) is 18.7 Å². The summed E-state index contributed by atoms with van der Waals surface area (Å²) in [5.74, 6) is 0.240. The molecule has 1 aliphatic rings. The smallest absolute Gasteiger partial charge is 0.235 e. The maximum atomic E-state index is 12.2. The minimum Gasteiger partial charge on any atom is -0.392 e. The molecule has 1 rings (SSSR count). The van der Waals surface area contributed by atoms with Crippen LogP contribution < -0.4 is 0 Å². The molecule has 1 fully saturated rings. The van der Waals surface area contributed by atoms with Crippen molar-refractivity contribution in [2.45, 2.75) is 63.1 Å². The van der Waals surface area contributed by atoms with Gasteiger partial charge in [-0.15, -0.1) is 11.8 Å². The summed E-state index contributed by atoms with van der Waals surface area (Å²) in [6.07, 6.45) is 4.40. The summed E-state index contributed by atoms with van der Waals surface area (Å²) in [6.45, 7) is 7.53. The standard InChI is InChI=1S/C13H25NO2S/c1-10(15)11(2)17-12(3)13(16)14-8-6-4-5-7-9-14/h10-12,15H,4-9H2,1-3H3. The van der Waals surface area contributed by atoms with Gasteiger partial charge in [-0.25, -0.2) is 0 Å². The number of carbonyl (C=O) groups is 1. The molecule has 0 spiro atoms. The summed E-state index contributed by atoms with van der Waals surface area (Å²) in [5, 5.41) is 9.53. The molecule has 0 aromatic rings. The van der Waals surface area contributed by atoms with Gasteiger partial charge < -0.3 is 10.0 Å². The Hall–Kier alpha value is -0.220. The molecule has 3 atom stereocenters. The molecular weight excluding hydrogens is 234 g/mol. The number of amides is 1. The van der Waals surface area contributed by atoms with Gasteiger partial charge in [0.15, 0.2) is 0 Å². The molecule has 0 saturated carbocycles. The van der Waals surface area contributed by atoms with E-state index >= 15 is 0 Å². The topological polar surface area (TPSA) is 40.5 Å². The van der Waals surface area contributed by atoms with E-state index in [0.29, 0.717) is 0 Å². The van der Waals surface area contributed by atoms with Crippen LogP contribution in [0.1, 0.15) is 46.5 Å². The molecule has 0 aromatic heterocycles. The summed E-state index contributed by atoms with van der Waals surface area (Å²) in [4.78, 5) is 14.2. The first-order chi connectivity index (χ1) is 8.02. The van der Waals surface area contributed by atoms with E-state index in [1.807, 2.05) is 18.7 Å². The van der Waals surface area contributed by atoms with E-state index in [-0.39, 0.29) is 22.5 Å². The summed E-state index contributed by atoms with van der Waals surface area (Å²) < 4.78 is 0. The molecule has 3 unspecified atom stereocenters. The van der Waals surface area contributed by atoms with E-state index in [9.17, 15) is 9.90 Å². The molecule has 1 amide bonds. The summed E-state index contributed by atoms with van der Waals surface area (Å²) in [6, 6.07) is 0. The molecule has 1 aliphatic heterocycles. The van der Waals surface area contributed by atoms with Crippen LogP contribution >= 0.6 is 11.8 Å². The second-order valence-electron chi connectivity index (χ2n) is 4.96. The Morgan fingerprint density at radius 2 is 1.65 bits per heavy atom. The molecule has 4 heteroatoms. The van der Waals surface area contributed by atoms with Crippen LogP contribution in [0, 0.1) is 0 Å². The van der Waals surface area contributed by atoms with Gasteiger partial charge in [-0.3, -0.25) is 4.79 Å².